The molecule has 0 heterocycles. The predicted octanol–water partition coefficient (Wildman–Crippen LogP) is 0.916. The second-order valence-electron chi connectivity index (χ2n) is 3.20. The summed E-state index contributed by atoms with van der Waals surface area (Å²) in [6, 6.07) is 0. The lowest BCUT2D eigenvalue weighted by Gasteiger charge is -2.16. The molecule has 0 spiro atoms. The van der Waals surface area contributed by atoms with E-state index in [9.17, 15) is 14.7 Å². The number of aliphatic hydroxyl groups is 1. The Balaban J connectivity index is 4.29. The van der Waals surface area contributed by atoms with Gasteiger partial charge in [0.05, 0.1) is 18.6 Å². The molecular formula is C10H18O4. The van der Waals surface area contributed by atoms with Crippen molar-refractivity contribution in [1.82, 2.24) is 0 Å². The van der Waals surface area contributed by atoms with Crippen molar-refractivity contribution in [3.8, 4) is 0 Å². The van der Waals surface area contributed by atoms with Crippen molar-refractivity contribution in [2.75, 3.05) is 6.61 Å². The van der Waals surface area contributed by atoms with Crippen LogP contribution >= 0.6 is 0 Å². The molecule has 0 saturated heterocycles. The maximum atomic E-state index is 11.3. The zero-order chi connectivity index (χ0) is 11.1. The minimum Gasteiger partial charge on any atom is -0.466 e. The van der Waals surface area contributed by atoms with Gasteiger partial charge in [0.15, 0.2) is 0 Å². The highest BCUT2D eigenvalue weighted by Gasteiger charge is 2.26. The number of ether oxygens (including phenoxy) is 1. The Bertz CT molecular complexity index is 198. The quantitative estimate of drug-likeness (QED) is 0.650. The van der Waals surface area contributed by atoms with Crippen molar-refractivity contribution >= 4 is 11.8 Å². The Hall–Kier alpha value is -0.900. The molecule has 4 nitrogen and oxygen atoms in total. The third-order valence-corrected chi connectivity index (χ3v) is 2.01. The molecule has 4 heteroatoms. The minimum atomic E-state index is -0.843. The van der Waals surface area contributed by atoms with Gasteiger partial charge in [-0.2, -0.15) is 0 Å². The first kappa shape index (κ1) is 13.1. The maximum absolute atomic E-state index is 11.3. The number of hydrogen-bond donors (Lipinski definition) is 1. The average Bonchev–Trinajstić information content (AvgIpc) is 2.13. The summed E-state index contributed by atoms with van der Waals surface area (Å²) in [5.41, 5.74) is 0. The molecule has 0 fully saturated rings. The van der Waals surface area contributed by atoms with E-state index in [2.05, 4.69) is 0 Å². The lowest BCUT2D eigenvalue weighted by molar-refractivity contribution is -0.153. The van der Waals surface area contributed by atoms with Gasteiger partial charge in [0.1, 0.15) is 5.78 Å². The first-order chi connectivity index (χ1) is 6.52. The van der Waals surface area contributed by atoms with Crippen LogP contribution in [0.4, 0.5) is 0 Å². The summed E-state index contributed by atoms with van der Waals surface area (Å²) < 4.78 is 4.76. The van der Waals surface area contributed by atoms with Gasteiger partial charge in [-0.25, -0.2) is 0 Å². The largest absolute Gasteiger partial charge is 0.466 e. The van der Waals surface area contributed by atoms with Crippen LogP contribution in [0.25, 0.3) is 0 Å². The van der Waals surface area contributed by atoms with Crippen molar-refractivity contribution in [3.05, 3.63) is 0 Å². The van der Waals surface area contributed by atoms with Crippen LogP contribution in [0, 0.1) is 5.92 Å². The zero-order valence-corrected chi connectivity index (χ0v) is 8.95. The summed E-state index contributed by atoms with van der Waals surface area (Å²) in [6.07, 6.45) is -0.403. The van der Waals surface area contributed by atoms with E-state index in [-0.39, 0.29) is 18.8 Å². The lowest BCUT2D eigenvalue weighted by Crippen LogP contribution is -2.30. The normalized spacial score (nSPS) is 14.6. The third kappa shape index (κ3) is 4.37. The summed E-state index contributed by atoms with van der Waals surface area (Å²) in [6.45, 7) is 5.18. The zero-order valence-electron chi connectivity index (χ0n) is 8.95. The van der Waals surface area contributed by atoms with Crippen LogP contribution in [0.2, 0.25) is 0 Å². The van der Waals surface area contributed by atoms with Crippen molar-refractivity contribution in [2.24, 2.45) is 5.92 Å². The average molecular weight is 202 g/mol. The van der Waals surface area contributed by atoms with Crippen molar-refractivity contribution in [3.63, 3.8) is 0 Å². The SMILES string of the molecule is CCOC(=O)C(CC(=O)CC)C(C)O. The van der Waals surface area contributed by atoms with E-state index in [1.165, 1.54) is 6.92 Å². The molecule has 0 aromatic heterocycles. The molecule has 0 aliphatic rings. The van der Waals surface area contributed by atoms with Gasteiger partial charge in [0, 0.05) is 12.8 Å². The molecule has 0 bridgehead atoms. The van der Waals surface area contributed by atoms with Crippen LogP contribution in [0.5, 0.6) is 0 Å². The molecule has 0 rings (SSSR count). The van der Waals surface area contributed by atoms with E-state index >= 15 is 0 Å². The Labute approximate surface area is 84.3 Å². The fourth-order valence-corrected chi connectivity index (χ4v) is 1.09. The number of carbonyl (C=O) groups excluding carboxylic acids is 2. The molecular weight excluding hydrogens is 184 g/mol. The number of carbonyl (C=O) groups is 2. The van der Waals surface area contributed by atoms with Crippen molar-refractivity contribution in [1.29, 1.82) is 0 Å². The molecule has 0 radical (unpaired) electrons. The van der Waals surface area contributed by atoms with Crippen molar-refractivity contribution < 1.29 is 19.4 Å². The van der Waals surface area contributed by atoms with E-state index in [0.29, 0.717) is 6.42 Å². The molecule has 82 valence electrons. The van der Waals surface area contributed by atoms with Crippen LogP contribution in [-0.2, 0) is 14.3 Å². The van der Waals surface area contributed by atoms with Crippen LogP contribution in [-0.4, -0.2) is 29.6 Å². The molecule has 2 atom stereocenters. The number of hydrogen-bond acceptors (Lipinski definition) is 4. The number of ketones is 1. The number of Topliss-reactive ketones (excluding diaryl/α,β-unsaturated/α-hetero) is 1. The Morgan fingerprint density at radius 1 is 1.36 bits per heavy atom. The molecule has 0 saturated carbocycles. The van der Waals surface area contributed by atoms with Crippen molar-refractivity contribution in [2.45, 2.75) is 39.7 Å². The molecule has 0 aliphatic carbocycles. The fourth-order valence-electron chi connectivity index (χ4n) is 1.09. The van der Waals surface area contributed by atoms with Crippen LogP contribution in [0.15, 0.2) is 0 Å². The Kier molecular flexibility index (Phi) is 6.12. The van der Waals surface area contributed by atoms with Gasteiger partial charge in [-0.15, -0.1) is 0 Å². The Morgan fingerprint density at radius 3 is 2.29 bits per heavy atom. The highest BCUT2D eigenvalue weighted by atomic mass is 16.5. The number of aliphatic hydroxyl groups excluding tert-OH is 1. The molecule has 0 aliphatic heterocycles. The van der Waals surface area contributed by atoms with E-state index in [1.54, 1.807) is 13.8 Å². The van der Waals surface area contributed by atoms with E-state index in [1.807, 2.05) is 0 Å². The summed E-state index contributed by atoms with van der Waals surface area (Å²) in [5, 5.41) is 9.30. The summed E-state index contributed by atoms with van der Waals surface area (Å²) in [7, 11) is 0. The van der Waals surface area contributed by atoms with Crippen LogP contribution < -0.4 is 0 Å². The first-order valence-corrected chi connectivity index (χ1v) is 4.89. The highest BCUT2D eigenvalue weighted by Crippen LogP contribution is 2.13. The molecule has 0 aromatic rings. The van der Waals surface area contributed by atoms with E-state index in [4.69, 9.17) is 4.74 Å². The second-order valence-corrected chi connectivity index (χ2v) is 3.20. The van der Waals surface area contributed by atoms with Gasteiger partial charge in [-0.3, -0.25) is 9.59 Å². The summed E-state index contributed by atoms with van der Waals surface area (Å²) >= 11 is 0. The molecule has 0 aromatic carbocycles. The van der Waals surface area contributed by atoms with Crippen LogP contribution in [0.1, 0.15) is 33.6 Å². The predicted molar refractivity (Wildman–Crippen MR) is 51.7 cm³/mol. The van der Waals surface area contributed by atoms with E-state index < -0.39 is 18.0 Å². The summed E-state index contributed by atoms with van der Waals surface area (Å²) in [5.74, 6) is -1.25. The smallest absolute Gasteiger partial charge is 0.311 e. The standard InChI is InChI=1S/C10H18O4/c1-4-8(12)6-9(7(3)11)10(13)14-5-2/h7,9,11H,4-6H2,1-3H3. The number of rotatable bonds is 6. The lowest BCUT2D eigenvalue weighted by atomic mass is 9.96. The summed E-state index contributed by atoms with van der Waals surface area (Å²) in [4.78, 5) is 22.4. The van der Waals surface area contributed by atoms with Gasteiger partial charge in [0.25, 0.3) is 0 Å². The van der Waals surface area contributed by atoms with Gasteiger partial charge < -0.3 is 9.84 Å². The third-order valence-electron chi connectivity index (χ3n) is 2.01. The number of esters is 1. The van der Waals surface area contributed by atoms with Crippen LogP contribution in [0.3, 0.4) is 0 Å². The Morgan fingerprint density at radius 2 is 1.93 bits per heavy atom. The van der Waals surface area contributed by atoms with Gasteiger partial charge >= 0.3 is 5.97 Å². The van der Waals surface area contributed by atoms with Gasteiger partial charge in [-0.05, 0) is 13.8 Å². The monoisotopic (exact) mass is 202 g/mol. The molecule has 14 heavy (non-hydrogen) atoms. The van der Waals surface area contributed by atoms with E-state index in [0.717, 1.165) is 0 Å². The topological polar surface area (TPSA) is 63.6 Å². The van der Waals surface area contributed by atoms with Gasteiger partial charge in [-0.1, -0.05) is 6.92 Å². The highest BCUT2D eigenvalue weighted by molar-refractivity contribution is 5.84. The first-order valence-electron chi connectivity index (χ1n) is 4.89. The molecule has 0 amide bonds. The fraction of sp³-hybridized carbons (Fsp3) is 0.800. The molecule has 2 unspecified atom stereocenters. The maximum Gasteiger partial charge on any atom is 0.311 e. The van der Waals surface area contributed by atoms with Gasteiger partial charge in [0.2, 0.25) is 0 Å². The second kappa shape index (κ2) is 6.54. The molecule has 1 N–H and O–H groups in total. The minimum absolute atomic E-state index is 0.0380.